The van der Waals surface area contributed by atoms with Crippen LogP contribution in [0.4, 0.5) is 5.69 Å². The average Bonchev–Trinajstić information content (AvgIpc) is 2.32. The van der Waals surface area contributed by atoms with Crippen molar-refractivity contribution in [3.63, 3.8) is 0 Å². The van der Waals surface area contributed by atoms with Gasteiger partial charge in [0.15, 0.2) is 0 Å². The molecule has 3 N–H and O–H groups in total. The van der Waals surface area contributed by atoms with Gasteiger partial charge in [-0.15, -0.1) is 0 Å². The molecule has 0 heterocycles. The number of benzene rings is 1. The largest absolute Gasteiger partial charge is 0.398 e. The van der Waals surface area contributed by atoms with Gasteiger partial charge in [0.25, 0.3) is 0 Å². The van der Waals surface area contributed by atoms with Gasteiger partial charge in [-0.3, -0.25) is 0 Å². The Bertz CT molecular complexity index is 559. The minimum atomic E-state index is -3.63. The van der Waals surface area contributed by atoms with Crippen LogP contribution in [-0.2, 0) is 14.8 Å². The molecule has 1 rings (SSSR count). The molecular weight excluding hydrogens is 300 g/mol. The quantitative estimate of drug-likeness (QED) is 0.596. The van der Waals surface area contributed by atoms with Gasteiger partial charge < -0.3 is 10.5 Å². The van der Waals surface area contributed by atoms with Gasteiger partial charge in [-0.05, 0) is 30.5 Å². The van der Waals surface area contributed by atoms with Gasteiger partial charge in [0.1, 0.15) is 0 Å². The summed E-state index contributed by atoms with van der Waals surface area (Å²) in [7, 11) is -3.63. The number of anilines is 1. The molecule has 0 aliphatic heterocycles. The van der Waals surface area contributed by atoms with Crippen molar-refractivity contribution in [2.45, 2.75) is 25.7 Å². The van der Waals surface area contributed by atoms with Crippen LogP contribution in [0.2, 0.25) is 5.02 Å². The van der Waals surface area contributed by atoms with Crippen LogP contribution >= 0.6 is 11.6 Å². The van der Waals surface area contributed by atoms with Crippen molar-refractivity contribution < 1.29 is 13.2 Å². The van der Waals surface area contributed by atoms with E-state index < -0.39 is 10.0 Å². The second kappa shape index (κ2) is 7.26. The topological polar surface area (TPSA) is 81.4 Å². The highest BCUT2D eigenvalue weighted by atomic mass is 35.5. The maximum absolute atomic E-state index is 12.2. The Balaban J connectivity index is 2.70. The highest BCUT2D eigenvalue weighted by Gasteiger charge is 2.18. The number of sulfonamides is 1. The third-order valence-corrected chi connectivity index (χ3v) is 4.45. The standard InChI is InChI=1S/C13H21ClN2O3S/c1-9(2)8-19-5-4-16-20(17,18)13-7-11(14)6-12(15)10(13)3/h6-7,9,16H,4-5,8,15H2,1-3H3. The summed E-state index contributed by atoms with van der Waals surface area (Å²) in [6.45, 7) is 6.85. The third kappa shape index (κ3) is 4.94. The molecule has 0 amide bonds. The van der Waals surface area contributed by atoms with Gasteiger partial charge in [0.2, 0.25) is 10.0 Å². The minimum absolute atomic E-state index is 0.103. The van der Waals surface area contributed by atoms with E-state index in [1.165, 1.54) is 12.1 Å². The van der Waals surface area contributed by atoms with E-state index in [-0.39, 0.29) is 11.4 Å². The fraction of sp³-hybridized carbons (Fsp3) is 0.538. The smallest absolute Gasteiger partial charge is 0.241 e. The summed E-state index contributed by atoms with van der Waals surface area (Å²) in [6, 6.07) is 2.92. The number of nitrogens with two attached hydrogens (primary N) is 1. The van der Waals surface area contributed by atoms with Crippen molar-refractivity contribution in [2.75, 3.05) is 25.5 Å². The van der Waals surface area contributed by atoms with Gasteiger partial charge >= 0.3 is 0 Å². The summed E-state index contributed by atoms with van der Waals surface area (Å²) in [5.41, 5.74) is 6.57. The van der Waals surface area contributed by atoms with Gasteiger partial charge in [-0.25, -0.2) is 13.1 Å². The van der Waals surface area contributed by atoms with Crippen molar-refractivity contribution in [3.05, 3.63) is 22.7 Å². The number of hydrogen-bond donors (Lipinski definition) is 2. The summed E-state index contributed by atoms with van der Waals surface area (Å²) in [5.74, 6) is 0.418. The molecule has 114 valence electrons. The van der Waals surface area contributed by atoms with Gasteiger partial charge in [0, 0.05) is 23.9 Å². The third-order valence-electron chi connectivity index (χ3n) is 2.64. The molecule has 0 unspecified atom stereocenters. The number of nitrogen functional groups attached to an aromatic ring is 1. The Morgan fingerprint density at radius 2 is 2.05 bits per heavy atom. The fourth-order valence-electron chi connectivity index (χ4n) is 1.60. The summed E-state index contributed by atoms with van der Waals surface area (Å²) >= 11 is 5.85. The van der Waals surface area contributed by atoms with Crippen molar-refractivity contribution >= 4 is 27.3 Å². The molecule has 0 atom stereocenters. The normalized spacial score (nSPS) is 12.1. The lowest BCUT2D eigenvalue weighted by Crippen LogP contribution is -2.28. The second-order valence-electron chi connectivity index (χ2n) is 4.98. The van der Waals surface area contributed by atoms with Crippen LogP contribution in [0.25, 0.3) is 0 Å². The maximum atomic E-state index is 12.2. The summed E-state index contributed by atoms with van der Waals surface area (Å²) in [4.78, 5) is 0.103. The molecule has 0 aromatic heterocycles. The van der Waals surface area contributed by atoms with Crippen LogP contribution in [0.5, 0.6) is 0 Å². The SMILES string of the molecule is Cc1c(N)cc(Cl)cc1S(=O)(=O)NCCOCC(C)C. The van der Waals surface area contributed by atoms with E-state index in [1.807, 2.05) is 13.8 Å². The first-order valence-electron chi connectivity index (χ1n) is 6.37. The lowest BCUT2D eigenvalue weighted by molar-refractivity contribution is 0.114. The summed E-state index contributed by atoms with van der Waals surface area (Å²) < 4.78 is 32.2. The van der Waals surface area contributed by atoms with Crippen LogP contribution < -0.4 is 10.5 Å². The van der Waals surface area contributed by atoms with Crippen molar-refractivity contribution in [1.82, 2.24) is 4.72 Å². The van der Waals surface area contributed by atoms with E-state index >= 15 is 0 Å². The molecule has 0 aliphatic rings. The zero-order valence-electron chi connectivity index (χ0n) is 11.9. The van der Waals surface area contributed by atoms with Gasteiger partial charge in [-0.2, -0.15) is 0 Å². The molecule has 0 spiro atoms. The zero-order valence-corrected chi connectivity index (χ0v) is 13.5. The molecule has 0 radical (unpaired) electrons. The van der Waals surface area contributed by atoms with E-state index in [0.717, 1.165) is 0 Å². The van der Waals surface area contributed by atoms with Crippen LogP contribution in [0.1, 0.15) is 19.4 Å². The van der Waals surface area contributed by atoms with E-state index in [2.05, 4.69) is 4.72 Å². The summed E-state index contributed by atoms with van der Waals surface area (Å²) in [5, 5.41) is 0.296. The first-order valence-corrected chi connectivity index (χ1v) is 8.23. The Morgan fingerprint density at radius 1 is 1.40 bits per heavy atom. The lowest BCUT2D eigenvalue weighted by atomic mass is 10.2. The fourth-order valence-corrected chi connectivity index (χ4v) is 3.20. The maximum Gasteiger partial charge on any atom is 0.241 e. The van der Waals surface area contributed by atoms with Crippen LogP contribution in [0.15, 0.2) is 17.0 Å². The molecule has 0 fully saturated rings. The van der Waals surface area contributed by atoms with Crippen LogP contribution in [0.3, 0.4) is 0 Å². The first-order chi connectivity index (χ1) is 9.24. The first kappa shape index (κ1) is 17.2. The number of ether oxygens (including phenoxy) is 1. The van der Waals surface area contributed by atoms with Crippen LogP contribution in [-0.4, -0.2) is 28.2 Å². The number of halogens is 1. The van der Waals surface area contributed by atoms with E-state index in [9.17, 15) is 8.42 Å². The van der Waals surface area contributed by atoms with Crippen molar-refractivity contribution in [3.8, 4) is 0 Å². The number of nitrogens with one attached hydrogen (secondary N) is 1. The molecule has 1 aromatic carbocycles. The van der Waals surface area contributed by atoms with E-state index in [0.29, 0.717) is 35.4 Å². The molecular formula is C13H21ClN2O3S. The van der Waals surface area contributed by atoms with Gasteiger partial charge in [-0.1, -0.05) is 25.4 Å². The monoisotopic (exact) mass is 320 g/mol. The Kier molecular flexibility index (Phi) is 6.26. The van der Waals surface area contributed by atoms with E-state index in [4.69, 9.17) is 22.1 Å². The average molecular weight is 321 g/mol. The Morgan fingerprint density at radius 3 is 2.65 bits per heavy atom. The Labute approximate surface area is 125 Å². The molecule has 7 heteroatoms. The van der Waals surface area contributed by atoms with Gasteiger partial charge in [0.05, 0.1) is 11.5 Å². The van der Waals surface area contributed by atoms with E-state index in [1.54, 1.807) is 6.92 Å². The highest BCUT2D eigenvalue weighted by molar-refractivity contribution is 7.89. The lowest BCUT2D eigenvalue weighted by Gasteiger charge is -2.12. The molecule has 0 saturated carbocycles. The molecule has 0 bridgehead atoms. The van der Waals surface area contributed by atoms with Crippen molar-refractivity contribution in [2.24, 2.45) is 5.92 Å². The molecule has 0 saturated heterocycles. The summed E-state index contributed by atoms with van der Waals surface area (Å²) in [6.07, 6.45) is 0. The predicted molar refractivity (Wildman–Crippen MR) is 81.4 cm³/mol. The molecule has 5 nitrogen and oxygen atoms in total. The molecule has 0 aliphatic carbocycles. The van der Waals surface area contributed by atoms with Crippen LogP contribution in [0, 0.1) is 12.8 Å². The number of rotatable bonds is 7. The minimum Gasteiger partial charge on any atom is -0.398 e. The number of hydrogen-bond acceptors (Lipinski definition) is 4. The molecule has 1 aromatic rings. The second-order valence-corrected chi connectivity index (χ2v) is 7.16. The zero-order chi connectivity index (χ0) is 15.3. The predicted octanol–water partition coefficient (Wildman–Crippen LogP) is 2.18. The highest BCUT2D eigenvalue weighted by Crippen LogP contribution is 2.25. The molecule has 20 heavy (non-hydrogen) atoms. The van der Waals surface area contributed by atoms with Crippen molar-refractivity contribution in [1.29, 1.82) is 0 Å². The Hall–Kier alpha value is -0.820.